The van der Waals surface area contributed by atoms with Gasteiger partial charge < -0.3 is 0 Å². The fraction of sp³-hybridized carbons (Fsp3) is 0.571. The van der Waals surface area contributed by atoms with Crippen LogP contribution in [-0.2, 0) is 45.3 Å². The molecule has 0 spiro atoms. The Morgan fingerprint density at radius 1 is 0.357 bits per heavy atom. The summed E-state index contributed by atoms with van der Waals surface area (Å²) >= 11 is 0. The second-order valence-corrected chi connectivity index (χ2v) is 18.4. The lowest BCUT2D eigenvalue weighted by Gasteiger charge is -2.34. The van der Waals surface area contributed by atoms with Crippen LogP contribution >= 0.6 is 0 Å². The Kier molecular flexibility index (Phi) is 9.19. The molecular formula is C42H62. The molecule has 0 fully saturated rings. The van der Waals surface area contributed by atoms with Crippen LogP contribution in [0.15, 0.2) is 60.7 Å². The molecule has 42 heavy (non-hydrogen) atoms. The highest BCUT2D eigenvalue weighted by Gasteiger charge is 2.31. The van der Waals surface area contributed by atoms with E-state index in [-0.39, 0.29) is 32.5 Å². The highest BCUT2D eigenvalue weighted by molar-refractivity contribution is 5.44. The number of rotatable bonds is 6. The summed E-state index contributed by atoms with van der Waals surface area (Å²) in [6.45, 7) is 37.7. The zero-order chi connectivity index (χ0) is 32.1. The van der Waals surface area contributed by atoms with Crippen LogP contribution in [0.5, 0.6) is 0 Å². The average Bonchev–Trinajstić information content (AvgIpc) is 2.81. The van der Waals surface area contributed by atoms with Gasteiger partial charge in [0, 0.05) is 0 Å². The maximum absolute atomic E-state index is 2.50. The van der Waals surface area contributed by atoms with Crippen LogP contribution in [0.25, 0.3) is 0 Å². The Morgan fingerprint density at radius 2 is 0.690 bits per heavy atom. The summed E-state index contributed by atoms with van der Waals surface area (Å²) < 4.78 is 0. The van der Waals surface area contributed by atoms with Gasteiger partial charge in [-0.05, 0) is 89.8 Å². The van der Waals surface area contributed by atoms with E-state index in [0.717, 1.165) is 12.8 Å². The lowest BCUT2D eigenvalue weighted by atomic mass is 9.70. The van der Waals surface area contributed by atoms with E-state index in [0.29, 0.717) is 0 Å². The molecule has 0 radical (unpaired) electrons. The van der Waals surface area contributed by atoms with Crippen molar-refractivity contribution in [2.24, 2.45) is 0 Å². The van der Waals surface area contributed by atoms with Crippen LogP contribution < -0.4 is 0 Å². The van der Waals surface area contributed by atoms with Crippen molar-refractivity contribution in [3.8, 4) is 0 Å². The Labute approximate surface area is 260 Å². The lowest BCUT2D eigenvalue weighted by molar-refractivity contribution is 0.490. The first-order valence-corrected chi connectivity index (χ1v) is 16.2. The molecule has 3 rings (SSSR count). The van der Waals surface area contributed by atoms with Crippen LogP contribution in [0, 0.1) is 0 Å². The molecule has 0 bridgehead atoms. The first-order chi connectivity index (χ1) is 18.8. The van der Waals surface area contributed by atoms with Gasteiger partial charge in [-0.3, -0.25) is 0 Å². The van der Waals surface area contributed by atoms with Gasteiger partial charge in [0.1, 0.15) is 0 Å². The number of benzene rings is 3. The minimum Gasteiger partial charge on any atom is -0.0617 e. The molecule has 0 unspecified atom stereocenters. The Balaban J connectivity index is 1.99. The van der Waals surface area contributed by atoms with Gasteiger partial charge in [-0.2, -0.15) is 0 Å². The molecule has 230 valence electrons. The van der Waals surface area contributed by atoms with Gasteiger partial charge in [-0.1, -0.05) is 171 Å². The van der Waals surface area contributed by atoms with E-state index >= 15 is 0 Å². The van der Waals surface area contributed by atoms with Gasteiger partial charge in [0.15, 0.2) is 0 Å². The molecule has 0 aromatic heterocycles. The van der Waals surface area contributed by atoms with Crippen LogP contribution in [-0.4, -0.2) is 0 Å². The van der Waals surface area contributed by atoms with Crippen molar-refractivity contribution in [3.63, 3.8) is 0 Å². The molecule has 0 N–H and O–H groups in total. The van der Waals surface area contributed by atoms with E-state index in [9.17, 15) is 0 Å². The molecule has 3 aromatic rings. The summed E-state index contributed by atoms with van der Waals surface area (Å²) in [5.41, 5.74) is 12.1. The van der Waals surface area contributed by atoms with Gasteiger partial charge in [-0.25, -0.2) is 0 Å². The van der Waals surface area contributed by atoms with Crippen LogP contribution in [0.2, 0.25) is 0 Å². The van der Waals surface area contributed by atoms with Crippen LogP contribution in [0.4, 0.5) is 0 Å². The predicted molar refractivity (Wildman–Crippen MR) is 188 cm³/mol. The van der Waals surface area contributed by atoms with E-state index < -0.39 is 0 Å². The fourth-order valence-electron chi connectivity index (χ4n) is 6.31. The van der Waals surface area contributed by atoms with Crippen molar-refractivity contribution < 1.29 is 0 Å². The molecule has 3 aromatic carbocycles. The molecule has 0 nitrogen and oxygen atoms in total. The molecule has 0 saturated carbocycles. The maximum Gasteiger partial charge on any atom is -0.00630 e. The molecule has 0 atom stereocenters. The summed E-state index contributed by atoms with van der Waals surface area (Å²) in [6, 6.07) is 24.0. The average molecular weight is 567 g/mol. The normalized spacial score (nSPS) is 13.9. The number of hydrogen-bond acceptors (Lipinski definition) is 0. The van der Waals surface area contributed by atoms with Crippen molar-refractivity contribution >= 4 is 0 Å². The zero-order valence-electron chi connectivity index (χ0n) is 30.2. The SMILES string of the molecule is CC(C)(C)c1ccc(CC(C)(C)c2cccc(C(C)(C)Cc3ccc(C(C)(C)C)cc3C(C)(C)C)c2)c(C(C)(C)C)c1. The Morgan fingerprint density at radius 3 is 0.976 bits per heavy atom. The van der Waals surface area contributed by atoms with E-state index in [4.69, 9.17) is 0 Å². The van der Waals surface area contributed by atoms with Crippen molar-refractivity contribution in [2.45, 2.75) is 156 Å². The second kappa shape index (κ2) is 11.3. The lowest BCUT2D eigenvalue weighted by Crippen LogP contribution is -2.27. The van der Waals surface area contributed by atoms with E-state index in [2.05, 4.69) is 171 Å². The van der Waals surface area contributed by atoms with E-state index in [1.165, 1.54) is 44.5 Å². The highest BCUT2D eigenvalue weighted by atomic mass is 14.3. The minimum atomic E-state index is 0.0142. The smallest absolute Gasteiger partial charge is 0.00630 e. The van der Waals surface area contributed by atoms with Gasteiger partial charge in [0.25, 0.3) is 0 Å². The Bertz CT molecular complexity index is 1280. The molecule has 0 heterocycles. The summed E-state index contributed by atoms with van der Waals surface area (Å²) in [5.74, 6) is 0. The summed E-state index contributed by atoms with van der Waals surface area (Å²) in [6.07, 6.45) is 2.05. The summed E-state index contributed by atoms with van der Waals surface area (Å²) in [5, 5.41) is 0. The second-order valence-electron chi connectivity index (χ2n) is 18.4. The zero-order valence-corrected chi connectivity index (χ0v) is 30.2. The standard InChI is InChI=1S/C42H62/c1-37(2,3)31-22-20-29(35(25-31)39(7,8)9)27-41(13,14)33-18-17-19-34(24-33)42(15,16)28-30-21-23-32(38(4,5)6)26-36(30)40(10,11)12/h17-26H,27-28H2,1-16H3. The third kappa shape index (κ3) is 7.98. The summed E-state index contributed by atoms with van der Waals surface area (Å²) in [4.78, 5) is 0. The molecule has 0 saturated heterocycles. The molecule has 0 aliphatic rings. The maximum atomic E-state index is 2.50. The number of hydrogen-bond donors (Lipinski definition) is 0. The molecule has 0 heteroatoms. The van der Waals surface area contributed by atoms with Crippen LogP contribution in [0.1, 0.15) is 155 Å². The quantitative estimate of drug-likeness (QED) is 0.278. The molecule has 0 amide bonds. The monoisotopic (exact) mass is 566 g/mol. The van der Waals surface area contributed by atoms with Gasteiger partial charge in [0.2, 0.25) is 0 Å². The highest BCUT2D eigenvalue weighted by Crippen LogP contribution is 2.39. The van der Waals surface area contributed by atoms with Gasteiger partial charge >= 0.3 is 0 Å². The first-order valence-electron chi connectivity index (χ1n) is 16.2. The van der Waals surface area contributed by atoms with Crippen molar-refractivity contribution in [3.05, 3.63) is 105 Å². The largest absolute Gasteiger partial charge is 0.0617 e. The Hall–Kier alpha value is -2.34. The van der Waals surface area contributed by atoms with Gasteiger partial charge in [-0.15, -0.1) is 0 Å². The first kappa shape index (κ1) is 34.2. The van der Waals surface area contributed by atoms with Crippen molar-refractivity contribution in [1.29, 1.82) is 0 Å². The van der Waals surface area contributed by atoms with Crippen molar-refractivity contribution in [1.82, 2.24) is 0 Å². The summed E-state index contributed by atoms with van der Waals surface area (Å²) in [7, 11) is 0. The minimum absolute atomic E-state index is 0.0142. The third-order valence-electron chi connectivity index (χ3n) is 9.26. The molecule has 0 aliphatic carbocycles. The molecular weight excluding hydrogens is 504 g/mol. The van der Waals surface area contributed by atoms with Gasteiger partial charge in [0.05, 0.1) is 0 Å². The van der Waals surface area contributed by atoms with Crippen molar-refractivity contribution in [2.75, 3.05) is 0 Å². The fourth-order valence-corrected chi connectivity index (χ4v) is 6.31. The van der Waals surface area contributed by atoms with E-state index in [1.54, 1.807) is 0 Å². The van der Waals surface area contributed by atoms with Crippen LogP contribution in [0.3, 0.4) is 0 Å². The predicted octanol–water partition coefficient (Wildman–Crippen LogP) is 11.9. The topological polar surface area (TPSA) is 0 Å². The third-order valence-corrected chi connectivity index (χ3v) is 9.26. The molecule has 0 aliphatic heterocycles. The van der Waals surface area contributed by atoms with E-state index in [1.807, 2.05) is 0 Å².